The lowest BCUT2D eigenvalue weighted by Crippen LogP contribution is -2.47. The molecule has 0 atom stereocenters. The van der Waals surface area contributed by atoms with E-state index in [0.717, 1.165) is 23.7 Å². The molecule has 1 aromatic carbocycles. The van der Waals surface area contributed by atoms with Gasteiger partial charge in [0.2, 0.25) is 0 Å². The summed E-state index contributed by atoms with van der Waals surface area (Å²) in [6, 6.07) is 5.43. The maximum atomic E-state index is 12.5. The largest absolute Gasteiger partial charge is 0.399 e. The van der Waals surface area contributed by atoms with Gasteiger partial charge in [0.15, 0.2) is 5.69 Å². The molecular weight excluding hydrogens is 252 g/mol. The molecule has 20 heavy (non-hydrogen) atoms. The zero-order chi connectivity index (χ0) is 14.2. The molecule has 0 bridgehead atoms. The number of anilines is 1. The highest BCUT2D eigenvalue weighted by atomic mass is 16.2. The molecule has 4 N–H and O–H groups in total. The molecule has 1 saturated carbocycles. The molecule has 5 nitrogen and oxygen atoms in total. The topological polar surface area (TPSA) is 83.8 Å². The normalized spacial score (nSPS) is 18.1. The molecule has 1 aliphatic rings. The van der Waals surface area contributed by atoms with Gasteiger partial charge < -0.3 is 11.1 Å². The molecule has 5 heteroatoms. The quantitative estimate of drug-likeness (QED) is 0.735. The zero-order valence-electron chi connectivity index (χ0n) is 11.7. The first kappa shape index (κ1) is 13.0. The molecule has 1 fully saturated rings. The molecule has 1 amide bonds. The van der Waals surface area contributed by atoms with Gasteiger partial charge in [-0.1, -0.05) is 19.3 Å². The Bertz CT molecular complexity index is 640. The molecule has 1 aromatic heterocycles. The van der Waals surface area contributed by atoms with Crippen molar-refractivity contribution in [3.63, 3.8) is 0 Å². The molecule has 0 unspecified atom stereocenters. The minimum Gasteiger partial charge on any atom is -0.399 e. The van der Waals surface area contributed by atoms with E-state index in [2.05, 4.69) is 22.4 Å². The van der Waals surface area contributed by atoms with Crippen molar-refractivity contribution in [1.29, 1.82) is 0 Å². The van der Waals surface area contributed by atoms with Crippen molar-refractivity contribution in [2.75, 3.05) is 5.73 Å². The molecule has 2 aromatic rings. The predicted molar refractivity (Wildman–Crippen MR) is 79.5 cm³/mol. The molecule has 3 rings (SSSR count). The number of benzene rings is 1. The Hall–Kier alpha value is -2.04. The van der Waals surface area contributed by atoms with Crippen LogP contribution in [0.25, 0.3) is 10.9 Å². The van der Waals surface area contributed by atoms with Crippen LogP contribution < -0.4 is 11.1 Å². The van der Waals surface area contributed by atoms with Crippen LogP contribution in [0.3, 0.4) is 0 Å². The third kappa shape index (κ3) is 2.35. The fourth-order valence-electron chi connectivity index (χ4n) is 3.00. The average molecular weight is 272 g/mol. The summed E-state index contributed by atoms with van der Waals surface area (Å²) in [6.07, 6.45) is 5.66. The number of nitrogen functional groups attached to an aromatic ring is 1. The number of hydrogen-bond acceptors (Lipinski definition) is 3. The fourth-order valence-corrected chi connectivity index (χ4v) is 3.00. The number of nitrogens with two attached hydrogens (primary N) is 1. The third-order valence-electron chi connectivity index (χ3n) is 4.17. The van der Waals surface area contributed by atoms with Crippen molar-refractivity contribution in [3.8, 4) is 0 Å². The Morgan fingerprint density at radius 3 is 2.85 bits per heavy atom. The van der Waals surface area contributed by atoms with Crippen molar-refractivity contribution < 1.29 is 4.79 Å². The Balaban J connectivity index is 1.87. The maximum absolute atomic E-state index is 12.5. The number of hydrogen-bond donors (Lipinski definition) is 3. The second-order valence-electron chi connectivity index (χ2n) is 5.95. The first-order chi connectivity index (χ1) is 9.57. The summed E-state index contributed by atoms with van der Waals surface area (Å²) in [5.74, 6) is -0.119. The van der Waals surface area contributed by atoms with Crippen LogP contribution in [0.1, 0.15) is 49.5 Å². The summed E-state index contributed by atoms with van der Waals surface area (Å²) in [7, 11) is 0. The van der Waals surface area contributed by atoms with Crippen LogP contribution in [0.2, 0.25) is 0 Å². The van der Waals surface area contributed by atoms with Crippen LogP contribution in [0, 0.1) is 0 Å². The number of fused-ring (bicyclic) bond motifs is 1. The molecule has 106 valence electrons. The highest BCUT2D eigenvalue weighted by molar-refractivity contribution is 6.05. The number of aromatic nitrogens is 2. The van der Waals surface area contributed by atoms with E-state index in [-0.39, 0.29) is 11.4 Å². The van der Waals surface area contributed by atoms with E-state index in [1.54, 1.807) is 12.1 Å². The monoisotopic (exact) mass is 272 g/mol. The predicted octanol–water partition coefficient (Wildman–Crippen LogP) is 2.60. The summed E-state index contributed by atoms with van der Waals surface area (Å²) < 4.78 is 0. The van der Waals surface area contributed by atoms with Gasteiger partial charge in [-0.2, -0.15) is 5.10 Å². The molecule has 1 aliphatic carbocycles. The standard InChI is InChI=1S/C15H20N4O/c1-15(7-3-2-4-8-15)17-14(20)13-11-9-10(16)5-6-12(11)18-19-13/h5-6,9H,2-4,7-8,16H2,1H3,(H,17,20)(H,18,19). The average Bonchev–Trinajstić information content (AvgIpc) is 2.82. The van der Waals surface area contributed by atoms with Crippen LogP contribution in [0.15, 0.2) is 18.2 Å². The lowest BCUT2D eigenvalue weighted by atomic mass is 9.83. The number of rotatable bonds is 2. The van der Waals surface area contributed by atoms with Gasteiger partial charge in [0.25, 0.3) is 5.91 Å². The van der Waals surface area contributed by atoms with E-state index in [9.17, 15) is 4.79 Å². The highest BCUT2D eigenvalue weighted by Gasteiger charge is 2.29. The summed E-state index contributed by atoms with van der Waals surface area (Å²) in [6.45, 7) is 2.12. The molecule has 1 heterocycles. The Morgan fingerprint density at radius 2 is 2.10 bits per heavy atom. The van der Waals surface area contributed by atoms with Gasteiger partial charge in [0.1, 0.15) is 0 Å². The van der Waals surface area contributed by atoms with Gasteiger partial charge in [-0.05, 0) is 38.0 Å². The fraction of sp³-hybridized carbons (Fsp3) is 0.467. The molecule has 0 radical (unpaired) electrons. The minimum absolute atomic E-state index is 0.110. The Kier molecular flexibility index (Phi) is 3.12. The van der Waals surface area contributed by atoms with Gasteiger partial charge >= 0.3 is 0 Å². The second kappa shape index (κ2) is 4.81. The van der Waals surface area contributed by atoms with Crippen LogP contribution in [-0.2, 0) is 0 Å². The minimum atomic E-state index is -0.119. The summed E-state index contributed by atoms with van der Waals surface area (Å²) in [5.41, 5.74) is 7.58. The SMILES string of the molecule is CC1(NC(=O)c2n[nH]c3ccc(N)cc23)CCCCC1. The van der Waals surface area contributed by atoms with Gasteiger partial charge in [-0.25, -0.2) is 0 Å². The van der Waals surface area contributed by atoms with E-state index in [4.69, 9.17) is 5.73 Å². The van der Waals surface area contributed by atoms with Crippen molar-refractivity contribution in [2.45, 2.75) is 44.6 Å². The van der Waals surface area contributed by atoms with Crippen molar-refractivity contribution in [2.24, 2.45) is 0 Å². The van der Waals surface area contributed by atoms with E-state index >= 15 is 0 Å². The van der Waals surface area contributed by atoms with Crippen LogP contribution in [0.4, 0.5) is 5.69 Å². The maximum Gasteiger partial charge on any atom is 0.272 e. The second-order valence-corrected chi connectivity index (χ2v) is 5.95. The van der Waals surface area contributed by atoms with Gasteiger partial charge in [0, 0.05) is 16.6 Å². The smallest absolute Gasteiger partial charge is 0.272 e. The number of nitrogens with zero attached hydrogens (tertiary/aromatic N) is 1. The molecular formula is C15H20N4O. The van der Waals surface area contributed by atoms with E-state index in [0.29, 0.717) is 11.4 Å². The van der Waals surface area contributed by atoms with Crippen molar-refractivity contribution in [1.82, 2.24) is 15.5 Å². The first-order valence-electron chi connectivity index (χ1n) is 7.14. The van der Waals surface area contributed by atoms with Crippen LogP contribution in [0.5, 0.6) is 0 Å². The Morgan fingerprint density at radius 1 is 1.35 bits per heavy atom. The number of amides is 1. The Labute approximate surface area is 117 Å². The van der Waals surface area contributed by atoms with Crippen molar-refractivity contribution in [3.05, 3.63) is 23.9 Å². The zero-order valence-corrected chi connectivity index (χ0v) is 11.7. The molecule has 0 saturated heterocycles. The molecule has 0 aliphatic heterocycles. The number of carbonyl (C=O) groups is 1. The van der Waals surface area contributed by atoms with Gasteiger partial charge in [-0.15, -0.1) is 0 Å². The summed E-state index contributed by atoms with van der Waals surface area (Å²) in [4.78, 5) is 12.5. The van der Waals surface area contributed by atoms with Gasteiger partial charge in [0.05, 0.1) is 5.52 Å². The van der Waals surface area contributed by atoms with E-state index in [1.165, 1.54) is 19.3 Å². The lowest BCUT2D eigenvalue weighted by Gasteiger charge is -2.34. The summed E-state index contributed by atoms with van der Waals surface area (Å²) in [5, 5.41) is 10.9. The van der Waals surface area contributed by atoms with Gasteiger partial charge in [-0.3, -0.25) is 9.89 Å². The first-order valence-corrected chi connectivity index (χ1v) is 7.14. The summed E-state index contributed by atoms with van der Waals surface area (Å²) >= 11 is 0. The van der Waals surface area contributed by atoms with Crippen LogP contribution in [-0.4, -0.2) is 21.6 Å². The van der Waals surface area contributed by atoms with E-state index < -0.39 is 0 Å². The number of nitrogens with one attached hydrogen (secondary N) is 2. The van der Waals surface area contributed by atoms with Crippen molar-refractivity contribution >= 4 is 22.5 Å². The number of carbonyl (C=O) groups excluding carboxylic acids is 1. The lowest BCUT2D eigenvalue weighted by molar-refractivity contribution is 0.0879. The third-order valence-corrected chi connectivity index (χ3v) is 4.17. The highest BCUT2D eigenvalue weighted by Crippen LogP contribution is 2.28. The molecule has 0 spiro atoms. The van der Waals surface area contributed by atoms with Crippen LogP contribution >= 0.6 is 0 Å². The number of aromatic amines is 1. The van der Waals surface area contributed by atoms with E-state index in [1.807, 2.05) is 6.07 Å². The number of H-pyrrole nitrogens is 1.